The third-order valence-electron chi connectivity index (χ3n) is 7.16. The smallest absolute Gasteiger partial charge is 0.417 e. The molecule has 0 unspecified atom stereocenters. The molecule has 1 saturated heterocycles. The van der Waals surface area contributed by atoms with Crippen LogP contribution in [0.15, 0.2) is 29.4 Å². The van der Waals surface area contributed by atoms with Crippen molar-refractivity contribution >= 4 is 23.7 Å². The summed E-state index contributed by atoms with van der Waals surface area (Å²) in [6.45, 7) is 5.28. The highest BCUT2D eigenvalue weighted by atomic mass is 16.6. The summed E-state index contributed by atoms with van der Waals surface area (Å²) in [5, 5.41) is 4.00. The van der Waals surface area contributed by atoms with Crippen LogP contribution in [0.4, 0.5) is 10.5 Å². The first-order valence-electron chi connectivity index (χ1n) is 11.0. The van der Waals surface area contributed by atoms with E-state index in [-0.39, 0.29) is 25.9 Å². The number of carbonyl (C=O) groups is 3. The second-order valence-electron chi connectivity index (χ2n) is 9.68. The van der Waals surface area contributed by atoms with Crippen LogP contribution in [-0.2, 0) is 34.0 Å². The van der Waals surface area contributed by atoms with E-state index in [1.165, 1.54) is 19.1 Å². The molecule has 0 N–H and O–H groups in total. The van der Waals surface area contributed by atoms with Crippen molar-refractivity contribution in [3.8, 4) is 0 Å². The van der Waals surface area contributed by atoms with Crippen molar-refractivity contribution in [3.63, 3.8) is 0 Å². The monoisotopic (exact) mass is 472 g/mol. The number of esters is 2. The Hall–Kier alpha value is -3.30. The number of carbonyl (C=O) groups excluding carboxylic acids is 3. The molecule has 1 aromatic rings. The minimum absolute atomic E-state index is 0.0162. The number of amides is 1. The van der Waals surface area contributed by atoms with Crippen LogP contribution in [0.3, 0.4) is 0 Å². The standard InChI is InChI=1S/C23H28N4O7/c1-20(2,3)34-19(30)27-15-9-7-6-8-14(15)22-12-13-33-23(22,27)16(25-26-24)10-11-21(22,17(28)31-4)18(29)32-5/h6-9,16H,10-13H2,1-5H3/t16-,22-,23-/m0/s1. The molecule has 1 aromatic carbocycles. The Balaban J connectivity index is 2.12. The van der Waals surface area contributed by atoms with Gasteiger partial charge in [-0.1, -0.05) is 23.3 Å². The van der Waals surface area contributed by atoms with Gasteiger partial charge in [-0.3, -0.25) is 9.59 Å². The summed E-state index contributed by atoms with van der Waals surface area (Å²) in [6.07, 6.45) is -0.501. The van der Waals surface area contributed by atoms with Crippen LogP contribution in [0, 0.1) is 5.41 Å². The van der Waals surface area contributed by atoms with Crippen LogP contribution in [0.2, 0.25) is 0 Å². The molecule has 4 rings (SSSR count). The van der Waals surface area contributed by atoms with Gasteiger partial charge in [0, 0.05) is 4.91 Å². The lowest BCUT2D eigenvalue weighted by Gasteiger charge is -2.56. The number of benzene rings is 1. The van der Waals surface area contributed by atoms with Gasteiger partial charge in [-0.25, -0.2) is 9.69 Å². The number of nitrogens with zero attached hydrogens (tertiary/aromatic N) is 4. The molecule has 2 aliphatic heterocycles. The highest BCUT2D eigenvalue weighted by Crippen LogP contribution is 2.71. The number of hydrogen-bond acceptors (Lipinski definition) is 8. The van der Waals surface area contributed by atoms with Crippen LogP contribution in [-0.4, -0.2) is 56.2 Å². The lowest BCUT2D eigenvalue weighted by atomic mass is 9.49. The SMILES string of the molecule is COC(=O)C1(C(=O)OC)CC[C@H](N=[N+]=[N-])[C@]23OCC[C@]12c1ccccc1N3C(=O)OC(C)(C)C. The molecule has 0 aromatic heterocycles. The van der Waals surface area contributed by atoms with Crippen LogP contribution >= 0.6 is 0 Å². The molecule has 0 spiro atoms. The van der Waals surface area contributed by atoms with E-state index in [9.17, 15) is 19.9 Å². The number of fused-ring (bicyclic) bond motifs is 1. The largest absolute Gasteiger partial charge is 0.468 e. The zero-order valence-corrected chi connectivity index (χ0v) is 19.9. The Kier molecular flexibility index (Phi) is 5.53. The Morgan fingerprint density at radius 3 is 2.38 bits per heavy atom. The highest BCUT2D eigenvalue weighted by Gasteiger charge is 2.83. The Morgan fingerprint density at radius 2 is 1.79 bits per heavy atom. The molecule has 1 aliphatic carbocycles. The minimum Gasteiger partial charge on any atom is -0.468 e. The van der Waals surface area contributed by atoms with E-state index in [1.54, 1.807) is 45.0 Å². The maximum Gasteiger partial charge on any atom is 0.417 e. The zero-order valence-electron chi connectivity index (χ0n) is 19.9. The van der Waals surface area contributed by atoms with Crippen LogP contribution < -0.4 is 4.90 Å². The van der Waals surface area contributed by atoms with Crippen molar-refractivity contribution in [2.45, 2.75) is 62.8 Å². The number of ether oxygens (including phenoxy) is 4. The van der Waals surface area contributed by atoms with Crippen molar-refractivity contribution in [3.05, 3.63) is 40.3 Å². The number of rotatable bonds is 3. The summed E-state index contributed by atoms with van der Waals surface area (Å²) in [4.78, 5) is 45.1. The molecule has 34 heavy (non-hydrogen) atoms. The van der Waals surface area contributed by atoms with E-state index < -0.39 is 46.2 Å². The molecule has 11 nitrogen and oxygen atoms in total. The third kappa shape index (κ3) is 2.74. The van der Waals surface area contributed by atoms with E-state index >= 15 is 0 Å². The minimum atomic E-state index is -1.85. The molecule has 0 bridgehead atoms. The van der Waals surface area contributed by atoms with Crippen molar-refractivity contribution in [2.24, 2.45) is 10.5 Å². The van der Waals surface area contributed by atoms with E-state index in [4.69, 9.17) is 18.9 Å². The fourth-order valence-corrected chi connectivity index (χ4v) is 6.22. The lowest BCUT2D eigenvalue weighted by Crippen LogP contribution is -2.75. The first kappa shape index (κ1) is 23.8. The Bertz CT molecular complexity index is 1080. The van der Waals surface area contributed by atoms with Gasteiger partial charge in [0.2, 0.25) is 0 Å². The normalized spacial score (nSPS) is 28.6. The van der Waals surface area contributed by atoms with Gasteiger partial charge in [-0.15, -0.1) is 0 Å². The van der Waals surface area contributed by atoms with Gasteiger partial charge < -0.3 is 18.9 Å². The average molecular weight is 472 g/mol. The molecule has 1 saturated carbocycles. The fraction of sp³-hybridized carbons (Fsp3) is 0.609. The van der Waals surface area contributed by atoms with Gasteiger partial charge in [0.15, 0.2) is 11.1 Å². The maximum absolute atomic E-state index is 13.7. The van der Waals surface area contributed by atoms with Crippen molar-refractivity contribution in [2.75, 3.05) is 25.7 Å². The van der Waals surface area contributed by atoms with Crippen molar-refractivity contribution in [1.82, 2.24) is 0 Å². The summed E-state index contributed by atoms with van der Waals surface area (Å²) in [5.41, 5.74) is 4.51. The van der Waals surface area contributed by atoms with E-state index in [0.29, 0.717) is 11.3 Å². The number of anilines is 1. The van der Waals surface area contributed by atoms with E-state index in [1.807, 2.05) is 0 Å². The van der Waals surface area contributed by atoms with Crippen molar-refractivity contribution in [1.29, 1.82) is 0 Å². The van der Waals surface area contributed by atoms with Gasteiger partial charge in [-0.2, -0.15) is 0 Å². The van der Waals surface area contributed by atoms with Crippen LogP contribution in [0.1, 0.15) is 45.6 Å². The first-order valence-corrected chi connectivity index (χ1v) is 11.0. The summed E-state index contributed by atoms with van der Waals surface area (Å²) in [5.74, 6) is -1.59. The molecule has 0 radical (unpaired) electrons. The van der Waals surface area contributed by atoms with Crippen molar-refractivity contribution < 1.29 is 33.3 Å². The maximum atomic E-state index is 13.7. The summed E-state index contributed by atoms with van der Waals surface area (Å²) in [7, 11) is 2.40. The molecule has 2 heterocycles. The predicted molar refractivity (Wildman–Crippen MR) is 119 cm³/mol. The van der Waals surface area contributed by atoms with E-state index in [2.05, 4.69) is 10.0 Å². The highest BCUT2D eigenvalue weighted by molar-refractivity contribution is 6.06. The lowest BCUT2D eigenvalue weighted by molar-refractivity contribution is -0.192. The fourth-order valence-electron chi connectivity index (χ4n) is 6.22. The third-order valence-corrected chi connectivity index (χ3v) is 7.16. The van der Waals surface area contributed by atoms with Gasteiger partial charge in [0.05, 0.1) is 38.0 Å². The topological polar surface area (TPSA) is 140 Å². The molecule has 182 valence electrons. The quantitative estimate of drug-likeness (QED) is 0.163. The number of para-hydroxylation sites is 1. The average Bonchev–Trinajstić information content (AvgIpc) is 3.30. The number of methoxy groups -OCH3 is 2. The zero-order chi connectivity index (χ0) is 24.9. The second kappa shape index (κ2) is 7.89. The van der Waals surface area contributed by atoms with Gasteiger partial charge in [0.1, 0.15) is 5.60 Å². The molecule has 2 fully saturated rings. The molecular formula is C23H28N4O7. The molecule has 1 amide bonds. The second-order valence-corrected chi connectivity index (χ2v) is 9.68. The Labute approximate surface area is 196 Å². The van der Waals surface area contributed by atoms with Gasteiger partial charge in [-0.05, 0) is 57.2 Å². The summed E-state index contributed by atoms with van der Waals surface area (Å²) >= 11 is 0. The summed E-state index contributed by atoms with van der Waals surface area (Å²) < 4.78 is 22.4. The van der Waals surface area contributed by atoms with Gasteiger partial charge >= 0.3 is 18.0 Å². The van der Waals surface area contributed by atoms with Crippen LogP contribution in [0.25, 0.3) is 10.4 Å². The first-order chi connectivity index (χ1) is 16.1. The molecule has 3 atom stereocenters. The van der Waals surface area contributed by atoms with E-state index in [0.717, 1.165) is 0 Å². The Morgan fingerprint density at radius 1 is 1.15 bits per heavy atom. The predicted octanol–water partition coefficient (Wildman–Crippen LogP) is 3.60. The molecular weight excluding hydrogens is 444 g/mol. The number of hydrogen-bond donors (Lipinski definition) is 0. The molecule has 3 aliphatic rings. The number of azide groups is 1. The molecule has 11 heteroatoms. The summed E-state index contributed by atoms with van der Waals surface area (Å²) in [6, 6.07) is 6.02. The van der Waals surface area contributed by atoms with Crippen LogP contribution in [0.5, 0.6) is 0 Å². The van der Waals surface area contributed by atoms with Gasteiger partial charge in [0.25, 0.3) is 0 Å².